The van der Waals surface area contributed by atoms with Gasteiger partial charge in [-0.25, -0.2) is 0 Å². The SMILES string of the molecule is CNC(C)Cc1noc(-c2ccc(Cl)cc2)n1. The van der Waals surface area contributed by atoms with E-state index in [1.165, 1.54) is 0 Å². The van der Waals surface area contributed by atoms with E-state index in [9.17, 15) is 0 Å². The third kappa shape index (κ3) is 3.05. The Morgan fingerprint density at radius 1 is 1.35 bits per heavy atom. The Morgan fingerprint density at radius 3 is 2.71 bits per heavy atom. The fourth-order valence-corrected chi connectivity index (χ4v) is 1.55. The minimum absolute atomic E-state index is 0.325. The third-order valence-electron chi connectivity index (χ3n) is 2.54. The topological polar surface area (TPSA) is 51.0 Å². The molecular weight excluding hydrogens is 238 g/mol. The summed E-state index contributed by atoms with van der Waals surface area (Å²) in [6, 6.07) is 7.65. The first-order valence-corrected chi connectivity index (χ1v) is 5.82. The smallest absolute Gasteiger partial charge is 0.257 e. The lowest BCUT2D eigenvalue weighted by Gasteiger charge is -2.04. The van der Waals surface area contributed by atoms with Crippen LogP contribution in [-0.4, -0.2) is 23.2 Å². The molecule has 1 aromatic carbocycles. The molecule has 0 aliphatic rings. The number of nitrogens with one attached hydrogen (secondary N) is 1. The standard InChI is InChI=1S/C12H14ClN3O/c1-8(14-2)7-11-15-12(17-16-11)9-3-5-10(13)6-4-9/h3-6,8,14H,7H2,1-2H3. The van der Waals surface area contributed by atoms with Crippen LogP contribution >= 0.6 is 11.6 Å². The van der Waals surface area contributed by atoms with E-state index < -0.39 is 0 Å². The Labute approximate surface area is 105 Å². The predicted molar refractivity (Wildman–Crippen MR) is 67.0 cm³/mol. The molecule has 90 valence electrons. The zero-order valence-electron chi connectivity index (χ0n) is 9.77. The van der Waals surface area contributed by atoms with E-state index in [2.05, 4.69) is 22.4 Å². The highest BCUT2D eigenvalue weighted by atomic mass is 35.5. The maximum atomic E-state index is 5.82. The van der Waals surface area contributed by atoms with Crippen LogP contribution in [-0.2, 0) is 6.42 Å². The van der Waals surface area contributed by atoms with Crippen LogP contribution in [0.3, 0.4) is 0 Å². The Hall–Kier alpha value is -1.39. The van der Waals surface area contributed by atoms with Gasteiger partial charge in [0.1, 0.15) is 0 Å². The molecular formula is C12H14ClN3O. The number of rotatable bonds is 4. The molecule has 1 atom stereocenters. The van der Waals surface area contributed by atoms with Gasteiger partial charge < -0.3 is 9.84 Å². The monoisotopic (exact) mass is 251 g/mol. The van der Waals surface area contributed by atoms with Gasteiger partial charge in [0.25, 0.3) is 5.89 Å². The number of nitrogens with zero attached hydrogens (tertiary/aromatic N) is 2. The summed E-state index contributed by atoms with van der Waals surface area (Å²) in [6.07, 6.45) is 0.744. The first kappa shape index (κ1) is 12.1. The van der Waals surface area contributed by atoms with E-state index in [1.54, 1.807) is 12.1 Å². The van der Waals surface area contributed by atoms with E-state index in [0.29, 0.717) is 22.8 Å². The fraction of sp³-hybridized carbons (Fsp3) is 0.333. The lowest BCUT2D eigenvalue weighted by atomic mass is 10.2. The maximum absolute atomic E-state index is 5.82. The van der Waals surface area contributed by atoms with Crippen LogP contribution in [0.2, 0.25) is 5.02 Å². The van der Waals surface area contributed by atoms with Gasteiger partial charge in [-0.2, -0.15) is 4.98 Å². The average molecular weight is 252 g/mol. The van der Waals surface area contributed by atoms with Gasteiger partial charge >= 0.3 is 0 Å². The highest BCUT2D eigenvalue weighted by Crippen LogP contribution is 2.19. The molecule has 2 aromatic rings. The van der Waals surface area contributed by atoms with Gasteiger partial charge in [-0.3, -0.25) is 0 Å². The summed E-state index contributed by atoms with van der Waals surface area (Å²) in [5, 5.41) is 7.77. The molecule has 0 amide bonds. The molecule has 5 heteroatoms. The molecule has 0 aliphatic carbocycles. The Morgan fingerprint density at radius 2 is 2.06 bits per heavy atom. The Kier molecular flexibility index (Phi) is 3.76. The van der Waals surface area contributed by atoms with Crippen LogP contribution in [0.25, 0.3) is 11.5 Å². The number of hydrogen-bond donors (Lipinski definition) is 1. The van der Waals surface area contributed by atoms with Gasteiger partial charge in [0.05, 0.1) is 0 Å². The molecule has 0 radical (unpaired) electrons. The minimum atomic E-state index is 0.325. The molecule has 1 heterocycles. The molecule has 17 heavy (non-hydrogen) atoms. The largest absolute Gasteiger partial charge is 0.334 e. The van der Waals surface area contributed by atoms with Crippen molar-refractivity contribution in [1.82, 2.24) is 15.5 Å². The first-order chi connectivity index (χ1) is 8.19. The van der Waals surface area contributed by atoms with Crippen LogP contribution in [0.1, 0.15) is 12.7 Å². The summed E-state index contributed by atoms with van der Waals surface area (Å²) in [4.78, 5) is 4.34. The molecule has 0 spiro atoms. The molecule has 4 nitrogen and oxygen atoms in total. The van der Waals surface area contributed by atoms with Gasteiger partial charge in [-0.05, 0) is 38.2 Å². The number of aromatic nitrogens is 2. The van der Waals surface area contributed by atoms with E-state index in [4.69, 9.17) is 16.1 Å². The fourth-order valence-electron chi connectivity index (χ4n) is 1.42. The highest BCUT2D eigenvalue weighted by Gasteiger charge is 2.10. The van der Waals surface area contributed by atoms with Crippen LogP contribution in [0.15, 0.2) is 28.8 Å². The van der Waals surface area contributed by atoms with Gasteiger partial charge in [0, 0.05) is 23.0 Å². The van der Waals surface area contributed by atoms with Crippen molar-refractivity contribution in [2.45, 2.75) is 19.4 Å². The molecule has 1 N–H and O–H groups in total. The van der Waals surface area contributed by atoms with Crippen molar-refractivity contribution in [2.75, 3.05) is 7.05 Å². The first-order valence-electron chi connectivity index (χ1n) is 5.45. The summed E-state index contributed by atoms with van der Waals surface area (Å²) in [7, 11) is 1.91. The second-order valence-corrected chi connectivity index (χ2v) is 4.35. The van der Waals surface area contributed by atoms with Gasteiger partial charge in [0.15, 0.2) is 5.82 Å². The Bertz CT molecular complexity index is 481. The van der Waals surface area contributed by atoms with E-state index >= 15 is 0 Å². The summed E-state index contributed by atoms with van der Waals surface area (Å²) in [5.41, 5.74) is 0.880. The Balaban J connectivity index is 2.15. The normalized spacial score (nSPS) is 12.6. The van der Waals surface area contributed by atoms with Gasteiger partial charge in [0.2, 0.25) is 0 Å². The van der Waals surface area contributed by atoms with Crippen molar-refractivity contribution < 1.29 is 4.52 Å². The number of likely N-dealkylation sites (N-methyl/N-ethyl adjacent to an activating group) is 1. The van der Waals surface area contributed by atoms with Crippen LogP contribution in [0.4, 0.5) is 0 Å². The van der Waals surface area contributed by atoms with Crippen molar-refractivity contribution >= 4 is 11.6 Å². The third-order valence-corrected chi connectivity index (χ3v) is 2.79. The lowest BCUT2D eigenvalue weighted by molar-refractivity contribution is 0.418. The minimum Gasteiger partial charge on any atom is -0.334 e. The van der Waals surface area contributed by atoms with Crippen molar-refractivity contribution in [2.24, 2.45) is 0 Å². The lowest BCUT2D eigenvalue weighted by Crippen LogP contribution is -2.24. The molecule has 0 saturated heterocycles. The van der Waals surface area contributed by atoms with Crippen molar-refractivity contribution in [3.63, 3.8) is 0 Å². The molecule has 1 aromatic heterocycles. The van der Waals surface area contributed by atoms with Crippen molar-refractivity contribution in [3.8, 4) is 11.5 Å². The number of benzene rings is 1. The second-order valence-electron chi connectivity index (χ2n) is 3.92. The molecule has 0 bridgehead atoms. The second kappa shape index (κ2) is 5.29. The van der Waals surface area contributed by atoms with Crippen molar-refractivity contribution in [3.05, 3.63) is 35.1 Å². The van der Waals surface area contributed by atoms with Crippen LogP contribution < -0.4 is 5.32 Å². The highest BCUT2D eigenvalue weighted by molar-refractivity contribution is 6.30. The summed E-state index contributed by atoms with van der Waals surface area (Å²) < 4.78 is 5.20. The zero-order valence-corrected chi connectivity index (χ0v) is 10.5. The van der Waals surface area contributed by atoms with E-state index in [0.717, 1.165) is 12.0 Å². The van der Waals surface area contributed by atoms with E-state index in [-0.39, 0.29) is 0 Å². The predicted octanol–water partition coefficient (Wildman–Crippen LogP) is 2.54. The van der Waals surface area contributed by atoms with E-state index in [1.807, 2.05) is 19.2 Å². The summed E-state index contributed by atoms with van der Waals surface area (Å²) in [5.74, 6) is 1.23. The molecule has 1 unspecified atom stereocenters. The molecule has 0 saturated carbocycles. The van der Waals surface area contributed by atoms with Crippen LogP contribution in [0.5, 0.6) is 0 Å². The van der Waals surface area contributed by atoms with Gasteiger partial charge in [-0.15, -0.1) is 0 Å². The molecule has 0 fully saturated rings. The van der Waals surface area contributed by atoms with Crippen LogP contribution in [0, 0.1) is 0 Å². The number of hydrogen-bond acceptors (Lipinski definition) is 4. The summed E-state index contributed by atoms with van der Waals surface area (Å²) in [6.45, 7) is 2.07. The molecule has 2 rings (SSSR count). The zero-order chi connectivity index (χ0) is 12.3. The average Bonchev–Trinajstić information content (AvgIpc) is 2.78. The number of halogens is 1. The molecule has 0 aliphatic heterocycles. The maximum Gasteiger partial charge on any atom is 0.257 e. The van der Waals surface area contributed by atoms with Gasteiger partial charge in [-0.1, -0.05) is 16.8 Å². The quantitative estimate of drug-likeness (QED) is 0.907. The van der Waals surface area contributed by atoms with Crippen molar-refractivity contribution in [1.29, 1.82) is 0 Å². The summed E-state index contributed by atoms with van der Waals surface area (Å²) >= 11 is 5.82.